The molecule has 0 fully saturated rings. The van der Waals surface area contributed by atoms with Crippen LogP contribution in [0, 0.1) is 0 Å². The number of hydrogen-bond acceptors (Lipinski definition) is 2. The van der Waals surface area contributed by atoms with E-state index in [4.69, 9.17) is 1.37 Å². The molecule has 0 spiro atoms. The highest BCUT2D eigenvalue weighted by Crippen LogP contribution is 2.60. The van der Waals surface area contributed by atoms with Crippen LogP contribution in [0.3, 0.4) is 0 Å². The molecule has 2 aliphatic heterocycles. The molecular weight excluding hydrogens is 1230 g/mol. The molecule has 3 heteroatoms. The van der Waals surface area contributed by atoms with Gasteiger partial charge in [0.15, 0.2) is 0 Å². The highest BCUT2D eigenvalue weighted by molar-refractivity contribution is 7.00. The summed E-state index contributed by atoms with van der Waals surface area (Å²) in [6, 6.07) is 119. The van der Waals surface area contributed by atoms with Crippen molar-refractivity contribution in [1.82, 2.24) is 0 Å². The topological polar surface area (TPSA) is 6.48 Å². The van der Waals surface area contributed by atoms with Crippen molar-refractivity contribution in [2.45, 2.75) is 57.8 Å². The molecule has 0 unspecified atom stereocenters. The van der Waals surface area contributed by atoms with Gasteiger partial charge in [-0.15, -0.1) is 0 Å². The Kier molecular flexibility index (Phi) is 13.8. The van der Waals surface area contributed by atoms with Crippen LogP contribution in [0.1, 0.15) is 81.8 Å². The Bertz CT molecular complexity index is 5810. The Morgan fingerprint density at radius 3 is 1.18 bits per heavy atom. The van der Waals surface area contributed by atoms with Crippen molar-refractivity contribution in [2.75, 3.05) is 9.80 Å². The van der Waals surface area contributed by atoms with E-state index in [0.717, 1.165) is 117 Å². The molecule has 0 saturated carbocycles. The molecule has 3 aliphatic rings. The normalized spacial score (nSPS) is 13.9. The summed E-state index contributed by atoms with van der Waals surface area (Å²) in [5, 5.41) is 0. The SMILES string of the molecule is [2H]c1c([2H])c([2H])c(-c2ccc3c(c2)B2c4ccc(-c5cccc6c5C(c5ccccc5)(c5ccccc5)c5ccccc5-6)cc4N(c4c(-c5ccccc5)cccc4-c4ccccc4)c4cc(-c5cc(C(C)(C)C)cc(C(C)(C)C)c5)cc(c42)N3c2c(-c3ccccc3)cccc2-c2ccccc2)c([2H])c1[2H]. The summed E-state index contributed by atoms with van der Waals surface area (Å²) >= 11 is 0. The third kappa shape index (κ3) is 10.2. The van der Waals surface area contributed by atoms with Crippen LogP contribution in [-0.2, 0) is 16.2 Å². The second-order valence-corrected chi connectivity index (χ2v) is 29.5. The molecule has 0 atom stereocenters. The standard InChI is InChI=1S/C99H77BN2/c1-97(2,3)77-59-73(60-78(65-77)98(4,5)6)74-63-91-94-92(64-74)102(96-82(69-39-20-10-21-40-69)51-32-52-83(96)70-41-22-11-23-42-70)90-62-72(79-48-30-53-85-84-47-28-29-54-86(84)99(93(79)85,75-43-24-12-25-44-75)76-45-26-13-27-46-76)55-57-87(90)100(94)88-61-71(66-33-14-7-15-34-66)56-58-89(88)101(91)95-80(67-35-16-8-17-36-67)49-31-50-81(95)68-37-18-9-19-38-68/h7-65H,1-6H3/i7D,14D,15D,33D,34D. The summed E-state index contributed by atoms with van der Waals surface area (Å²) in [5.41, 5.74) is 30.6. The van der Waals surface area contributed by atoms with Crippen LogP contribution < -0.4 is 26.2 Å². The summed E-state index contributed by atoms with van der Waals surface area (Å²) in [7, 11) is 0. The first-order valence-corrected chi connectivity index (χ1v) is 35.6. The van der Waals surface area contributed by atoms with Crippen LogP contribution in [-0.4, -0.2) is 6.71 Å². The van der Waals surface area contributed by atoms with E-state index in [9.17, 15) is 5.48 Å². The molecule has 15 aromatic rings. The van der Waals surface area contributed by atoms with Gasteiger partial charge >= 0.3 is 0 Å². The molecular formula is C99H77BN2. The molecule has 102 heavy (non-hydrogen) atoms. The van der Waals surface area contributed by atoms with E-state index in [-0.39, 0.29) is 40.6 Å². The lowest BCUT2D eigenvalue weighted by Gasteiger charge is -2.46. The Labute approximate surface area is 608 Å². The predicted octanol–water partition coefficient (Wildman–Crippen LogP) is 24.4. The van der Waals surface area contributed by atoms with E-state index in [1.807, 2.05) is 6.07 Å². The maximum Gasteiger partial charge on any atom is 0.252 e. The van der Waals surface area contributed by atoms with Gasteiger partial charge in [0.05, 0.1) is 23.6 Å². The van der Waals surface area contributed by atoms with Gasteiger partial charge in [0, 0.05) is 45.0 Å². The van der Waals surface area contributed by atoms with Crippen molar-refractivity contribution in [3.63, 3.8) is 0 Å². The van der Waals surface area contributed by atoms with Crippen molar-refractivity contribution >= 4 is 57.2 Å². The average Bonchev–Trinajstić information content (AvgIpc) is 1.69. The van der Waals surface area contributed by atoms with Crippen molar-refractivity contribution in [1.29, 1.82) is 0 Å². The van der Waals surface area contributed by atoms with Gasteiger partial charge in [-0.2, -0.15) is 0 Å². The molecule has 0 bridgehead atoms. The molecule has 18 rings (SSSR count). The summed E-state index contributed by atoms with van der Waals surface area (Å²) in [5.74, 6) is 0. The smallest absolute Gasteiger partial charge is 0.252 e. The molecule has 486 valence electrons. The van der Waals surface area contributed by atoms with E-state index >= 15 is 0 Å². The number of anilines is 6. The van der Waals surface area contributed by atoms with Gasteiger partial charge in [0.1, 0.15) is 0 Å². The highest BCUT2D eigenvalue weighted by atomic mass is 15.2. The maximum absolute atomic E-state index is 9.67. The molecule has 0 amide bonds. The quantitative estimate of drug-likeness (QED) is 0.119. The Morgan fingerprint density at radius 2 is 0.686 bits per heavy atom. The zero-order valence-corrected chi connectivity index (χ0v) is 58.1. The van der Waals surface area contributed by atoms with Crippen molar-refractivity contribution in [2.24, 2.45) is 0 Å². The number of nitrogens with zero attached hydrogens (tertiary/aromatic N) is 2. The summed E-state index contributed by atoms with van der Waals surface area (Å²) in [4.78, 5) is 5.13. The lowest BCUT2D eigenvalue weighted by molar-refractivity contribution is 0.569. The van der Waals surface area contributed by atoms with Gasteiger partial charge in [-0.3, -0.25) is 0 Å². The second-order valence-electron chi connectivity index (χ2n) is 29.5. The number of rotatable bonds is 11. The van der Waals surface area contributed by atoms with Crippen molar-refractivity contribution in [3.8, 4) is 89.0 Å². The number of fused-ring (bicyclic) bond motifs is 7. The minimum Gasteiger partial charge on any atom is -0.310 e. The minimum atomic E-state index is -0.731. The van der Waals surface area contributed by atoms with E-state index in [0.29, 0.717) is 5.56 Å². The molecule has 0 radical (unpaired) electrons. The molecule has 1 aliphatic carbocycles. The van der Waals surface area contributed by atoms with Gasteiger partial charge in [0.25, 0.3) is 6.71 Å². The molecule has 0 N–H and O–H groups in total. The minimum absolute atomic E-state index is 0.145. The van der Waals surface area contributed by atoms with Crippen LogP contribution in [0.4, 0.5) is 34.1 Å². The molecule has 15 aromatic carbocycles. The lowest BCUT2D eigenvalue weighted by atomic mass is 9.33. The predicted molar refractivity (Wildman–Crippen MR) is 433 cm³/mol. The van der Waals surface area contributed by atoms with Gasteiger partial charge in [-0.25, -0.2) is 0 Å². The van der Waals surface area contributed by atoms with E-state index in [1.54, 1.807) is 0 Å². The Morgan fingerprint density at radius 1 is 0.284 bits per heavy atom. The van der Waals surface area contributed by atoms with Gasteiger partial charge < -0.3 is 9.80 Å². The van der Waals surface area contributed by atoms with Crippen LogP contribution in [0.15, 0.2) is 358 Å². The summed E-state index contributed by atoms with van der Waals surface area (Å²) in [6.07, 6.45) is 0. The van der Waals surface area contributed by atoms with E-state index < -0.39 is 18.2 Å². The van der Waals surface area contributed by atoms with Crippen LogP contribution in [0.2, 0.25) is 0 Å². The van der Waals surface area contributed by atoms with Crippen molar-refractivity contribution in [3.05, 3.63) is 391 Å². The number of para-hydroxylation sites is 2. The van der Waals surface area contributed by atoms with Crippen LogP contribution >= 0.6 is 0 Å². The highest BCUT2D eigenvalue weighted by Gasteiger charge is 2.49. The second kappa shape index (κ2) is 24.7. The fourth-order valence-corrected chi connectivity index (χ4v) is 16.7. The third-order valence-corrected chi connectivity index (χ3v) is 21.5. The fourth-order valence-electron chi connectivity index (χ4n) is 16.7. The Balaban J connectivity index is 1.04. The first kappa shape index (κ1) is 56.8. The van der Waals surface area contributed by atoms with Gasteiger partial charge in [-0.05, 0) is 152 Å². The third-order valence-electron chi connectivity index (χ3n) is 21.5. The van der Waals surface area contributed by atoms with E-state index in [1.165, 1.54) is 44.5 Å². The lowest BCUT2D eigenvalue weighted by Crippen LogP contribution is -2.61. The number of hydrogen-bond donors (Lipinski definition) is 0. The molecule has 0 aromatic heterocycles. The molecule has 2 nitrogen and oxygen atoms in total. The monoisotopic (exact) mass is 1310 g/mol. The molecule has 2 heterocycles. The van der Waals surface area contributed by atoms with Crippen LogP contribution in [0.5, 0.6) is 0 Å². The first-order valence-electron chi connectivity index (χ1n) is 38.1. The summed E-state index contributed by atoms with van der Waals surface area (Å²) in [6.45, 7) is 13.4. The zero-order chi connectivity index (χ0) is 73.2. The maximum atomic E-state index is 9.67. The van der Waals surface area contributed by atoms with Gasteiger partial charge in [0.2, 0.25) is 0 Å². The Hall–Kier alpha value is -12.0. The van der Waals surface area contributed by atoms with Gasteiger partial charge in [-0.1, -0.05) is 375 Å². The van der Waals surface area contributed by atoms with Crippen molar-refractivity contribution < 1.29 is 6.85 Å². The van der Waals surface area contributed by atoms with E-state index in [2.05, 4.69) is 373 Å². The summed E-state index contributed by atoms with van der Waals surface area (Å²) < 4.78 is 46.5. The molecule has 0 saturated heterocycles. The average molecular weight is 1310 g/mol. The fraction of sp³-hybridized carbons (Fsp3) is 0.0909. The van der Waals surface area contributed by atoms with Crippen LogP contribution in [0.25, 0.3) is 89.0 Å². The number of benzene rings is 15. The first-order chi connectivity index (χ1) is 52.0. The zero-order valence-electron chi connectivity index (χ0n) is 63.1. The largest absolute Gasteiger partial charge is 0.310 e.